The minimum absolute atomic E-state index is 0.151. The number of aromatic nitrogens is 1. The van der Waals surface area contributed by atoms with E-state index >= 15 is 0 Å². The molecule has 2 N–H and O–H groups in total. The van der Waals surface area contributed by atoms with Gasteiger partial charge in [0.15, 0.2) is 0 Å². The Morgan fingerprint density at radius 2 is 2.00 bits per heavy atom. The van der Waals surface area contributed by atoms with Crippen LogP contribution in [0.2, 0.25) is 0 Å². The Balaban J connectivity index is 1.99. The second-order valence-corrected chi connectivity index (χ2v) is 4.35. The van der Waals surface area contributed by atoms with Crippen molar-refractivity contribution in [2.24, 2.45) is 0 Å². The zero-order valence-corrected chi connectivity index (χ0v) is 9.75. The van der Waals surface area contributed by atoms with Crippen LogP contribution >= 0.6 is 0 Å². The van der Waals surface area contributed by atoms with Crippen LogP contribution in [0, 0.1) is 16.6 Å². The van der Waals surface area contributed by atoms with E-state index in [0.717, 1.165) is 19.6 Å². The van der Waals surface area contributed by atoms with Crippen LogP contribution in [-0.2, 0) is 0 Å². The zero-order chi connectivity index (χ0) is 12.3. The molecule has 0 bridgehead atoms. The molecule has 5 heteroatoms. The Hall–Kier alpha value is -1.49. The van der Waals surface area contributed by atoms with E-state index in [2.05, 4.69) is 4.90 Å². The van der Waals surface area contributed by atoms with Gasteiger partial charge in [-0.2, -0.15) is 0 Å². The Morgan fingerprint density at radius 1 is 1.29 bits per heavy atom. The molecule has 0 atom stereocenters. The molecule has 0 aliphatic carbocycles. The van der Waals surface area contributed by atoms with Crippen molar-refractivity contribution in [3.05, 3.63) is 29.6 Å². The average molecular weight is 236 g/mol. The summed E-state index contributed by atoms with van der Waals surface area (Å²) in [6.45, 7) is 3.01. The molecule has 0 aromatic carbocycles. The molecule has 1 saturated heterocycles. The van der Waals surface area contributed by atoms with Crippen molar-refractivity contribution >= 4 is 5.84 Å². The Kier molecular flexibility index (Phi) is 3.68. The van der Waals surface area contributed by atoms with Crippen LogP contribution in [0.4, 0.5) is 4.39 Å². The van der Waals surface area contributed by atoms with E-state index in [1.165, 1.54) is 35.7 Å². The van der Waals surface area contributed by atoms with E-state index in [1.54, 1.807) is 0 Å². The van der Waals surface area contributed by atoms with Gasteiger partial charge in [0.05, 0.1) is 0 Å². The Morgan fingerprint density at radius 3 is 2.71 bits per heavy atom. The summed E-state index contributed by atoms with van der Waals surface area (Å²) in [7, 11) is 0. The van der Waals surface area contributed by atoms with Gasteiger partial charge in [0.25, 0.3) is 0 Å². The fourth-order valence-electron chi connectivity index (χ4n) is 2.09. The molecule has 1 aliphatic rings. The molecule has 1 aromatic heterocycles. The van der Waals surface area contributed by atoms with Crippen molar-refractivity contribution in [1.29, 1.82) is 10.8 Å². The first-order chi connectivity index (χ1) is 8.16. The number of hydrogen-bond donors (Lipinski definition) is 2. The van der Waals surface area contributed by atoms with Gasteiger partial charge < -0.3 is 4.90 Å². The van der Waals surface area contributed by atoms with Crippen LogP contribution in [0.5, 0.6) is 0 Å². The molecule has 1 aliphatic heterocycles. The summed E-state index contributed by atoms with van der Waals surface area (Å²) in [6, 6.07) is 2.62. The third-order valence-corrected chi connectivity index (χ3v) is 3.07. The quantitative estimate of drug-likeness (QED) is 0.605. The summed E-state index contributed by atoms with van der Waals surface area (Å²) in [6.07, 6.45) is 4.21. The molecule has 4 nitrogen and oxygen atoms in total. The molecule has 0 spiro atoms. The minimum Gasteiger partial charge on any atom is -0.303 e. The largest absolute Gasteiger partial charge is 0.303 e. The van der Waals surface area contributed by atoms with Crippen LogP contribution in [-0.4, -0.2) is 34.9 Å². The van der Waals surface area contributed by atoms with Crippen molar-refractivity contribution in [2.45, 2.75) is 19.3 Å². The standard InChI is InChI=1S/C12H17FN4/c13-10-3-4-11(14)17(9-10)12(15)5-8-16-6-1-2-7-16/h3-4,9,14-15H,1-2,5-8H2. The van der Waals surface area contributed by atoms with Gasteiger partial charge in [-0.15, -0.1) is 0 Å². The SMILES string of the molecule is N=C(CCN1CCCC1)n1cc(F)ccc1=N. The highest BCUT2D eigenvalue weighted by Gasteiger charge is 2.12. The first-order valence-electron chi connectivity index (χ1n) is 5.90. The maximum Gasteiger partial charge on any atom is 0.139 e. The first-order valence-corrected chi connectivity index (χ1v) is 5.90. The van der Waals surface area contributed by atoms with Crippen molar-refractivity contribution in [3.8, 4) is 0 Å². The summed E-state index contributed by atoms with van der Waals surface area (Å²) in [5, 5.41) is 15.5. The minimum atomic E-state index is -0.410. The summed E-state index contributed by atoms with van der Waals surface area (Å²) in [4.78, 5) is 2.30. The van der Waals surface area contributed by atoms with Gasteiger partial charge in [-0.05, 0) is 38.1 Å². The maximum absolute atomic E-state index is 13.0. The number of likely N-dealkylation sites (tertiary alicyclic amines) is 1. The van der Waals surface area contributed by atoms with Gasteiger partial charge in [-0.25, -0.2) is 4.39 Å². The van der Waals surface area contributed by atoms with Gasteiger partial charge in [0.2, 0.25) is 0 Å². The molecule has 2 heterocycles. The Bertz CT molecular complexity index is 460. The number of nitrogens with zero attached hydrogens (tertiary/aromatic N) is 2. The summed E-state index contributed by atoms with van der Waals surface area (Å²) < 4.78 is 14.3. The predicted molar refractivity (Wildman–Crippen MR) is 63.7 cm³/mol. The van der Waals surface area contributed by atoms with Gasteiger partial charge in [-0.3, -0.25) is 15.4 Å². The fourth-order valence-corrected chi connectivity index (χ4v) is 2.09. The average Bonchev–Trinajstić information content (AvgIpc) is 2.82. The highest BCUT2D eigenvalue weighted by molar-refractivity contribution is 5.81. The third kappa shape index (κ3) is 3.00. The second kappa shape index (κ2) is 5.23. The van der Waals surface area contributed by atoms with Crippen LogP contribution in [0.1, 0.15) is 19.3 Å². The summed E-state index contributed by atoms with van der Waals surface area (Å²) >= 11 is 0. The van der Waals surface area contributed by atoms with Crippen LogP contribution in [0.25, 0.3) is 0 Å². The van der Waals surface area contributed by atoms with Crippen LogP contribution < -0.4 is 5.49 Å². The van der Waals surface area contributed by atoms with Crippen molar-refractivity contribution < 1.29 is 4.39 Å². The lowest BCUT2D eigenvalue weighted by atomic mass is 10.3. The molecule has 1 fully saturated rings. The van der Waals surface area contributed by atoms with Gasteiger partial charge in [0, 0.05) is 19.2 Å². The highest BCUT2D eigenvalue weighted by atomic mass is 19.1. The normalized spacial score (nSPS) is 16.3. The lowest BCUT2D eigenvalue weighted by Gasteiger charge is -2.15. The summed E-state index contributed by atoms with van der Waals surface area (Å²) in [5.41, 5.74) is 0.151. The molecule has 0 amide bonds. The number of halogens is 1. The number of rotatable bonds is 3. The Labute approximate surface area is 99.7 Å². The van der Waals surface area contributed by atoms with E-state index in [0.29, 0.717) is 6.42 Å². The monoisotopic (exact) mass is 236 g/mol. The molecule has 0 unspecified atom stereocenters. The van der Waals surface area contributed by atoms with Crippen LogP contribution in [0.3, 0.4) is 0 Å². The van der Waals surface area contributed by atoms with E-state index in [1.807, 2.05) is 0 Å². The molecular formula is C12H17FN4. The first kappa shape index (κ1) is 12.0. The number of nitrogens with one attached hydrogen (secondary N) is 2. The lowest BCUT2D eigenvalue weighted by molar-refractivity contribution is 0.348. The third-order valence-electron chi connectivity index (χ3n) is 3.07. The smallest absolute Gasteiger partial charge is 0.139 e. The highest BCUT2D eigenvalue weighted by Crippen LogP contribution is 2.07. The van der Waals surface area contributed by atoms with Gasteiger partial charge in [0.1, 0.15) is 17.1 Å². The summed E-state index contributed by atoms with van der Waals surface area (Å²) in [5.74, 6) is -0.131. The topological polar surface area (TPSA) is 55.9 Å². The van der Waals surface area contributed by atoms with E-state index in [9.17, 15) is 4.39 Å². The van der Waals surface area contributed by atoms with Crippen LogP contribution in [0.15, 0.2) is 18.3 Å². The van der Waals surface area contributed by atoms with Crippen molar-refractivity contribution in [2.75, 3.05) is 19.6 Å². The molecule has 0 radical (unpaired) electrons. The molecule has 2 rings (SSSR count). The maximum atomic E-state index is 13.0. The lowest BCUT2D eigenvalue weighted by Crippen LogP contribution is -2.30. The predicted octanol–water partition coefficient (Wildman–Crippen LogP) is 1.42. The molecular weight excluding hydrogens is 219 g/mol. The van der Waals surface area contributed by atoms with E-state index in [4.69, 9.17) is 10.8 Å². The molecule has 17 heavy (non-hydrogen) atoms. The number of hydrogen-bond acceptors (Lipinski definition) is 3. The molecule has 0 saturated carbocycles. The van der Waals surface area contributed by atoms with E-state index in [-0.39, 0.29) is 11.3 Å². The fraction of sp³-hybridized carbons (Fsp3) is 0.500. The van der Waals surface area contributed by atoms with Gasteiger partial charge >= 0.3 is 0 Å². The van der Waals surface area contributed by atoms with E-state index < -0.39 is 5.82 Å². The van der Waals surface area contributed by atoms with Gasteiger partial charge in [-0.1, -0.05) is 0 Å². The van der Waals surface area contributed by atoms with Crippen molar-refractivity contribution in [3.63, 3.8) is 0 Å². The molecule has 92 valence electrons. The second-order valence-electron chi connectivity index (χ2n) is 4.35. The number of pyridine rings is 1. The zero-order valence-electron chi connectivity index (χ0n) is 9.75. The molecule has 1 aromatic rings. The van der Waals surface area contributed by atoms with Crippen molar-refractivity contribution in [1.82, 2.24) is 9.47 Å².